The largest absolute Gasteiger partial charge is 0.493 e. The fourth-order valence-corrected chi connectivity index (χ4v) is 5.24. The molecule has 1 amide bonds. The fourth-order valence-electron chi connectivity index (χ4n) is 3.74. The molecule has 174 valence electrons. The van der Waals surface area contributed by atoms with Crippen LogP contribution in [0.1, 0.15) is 11.1 Å². The zero-order chi connectivity index (χ0) is 24.5. The molecule has 8 nitrogen and oxygen atoms in total. The van der Waals surface area contributed by atoms with Crippen molar-refractivity contribution in [2.75, 3.05) is 10.8 Å². The molecule has 0 spiro atoms. The number of fused-ring (bicyclic) bond motifs is 1. The minimum absolute atomic E-state index is 0.0624. The molecule has 4 aromatic rings. The van der Waals surface area contributed by atoms with E-state index in [0.29, 0.717) is 11.1 Å². The minimum Gasteiger partial charge on any atom is -0.493 e. The van der Waals surface area contributed by atoms with Crippen LogP contribution in [0.4, 0.5) is 11.4 Å². The number of nitrogens with zero attached hydrogens (tertiary/aromatic N) is 4. The molecular formula is C25H24N4O4S. The number of aryl methyl sites for hydroxylation is 2. The van der Waals surface area contributed by atoms with Crippen LogP contribution in [-0.4, -0.2) is 30.5 Å². The van der Waals surface area contributed by atoms with Gasteiger partial charge in [0.05, 0.1) is 16.1 Å². The van der Waals surface area contributed by atoms with Crippen molar-refractivity contribution >= 4 is 38.2 Å². The third-order valence-corrected chi connectivity index (χ3v) is 7.54. The summed E-state index contributed by atoms with van der Waals surface area (Å²) in [6, 6.07) is 20.4. The standard InChI is InChI=1S/C25H24N4O4S/c1-17-10-9-15-21(18(17)2)29(34(32,33)19-11-5-4-6-12-19)16-23(30)26-27-24-20-13-7-8-14-22(20)28(3)25(24)31/h4-15,31H,16H2,1-3H3. The molecule has 9 heteroatoms. The van der Waals surface area contributed by atoms with Crippen molar-refractivity contribution in [1.29, 1.82) is 0 Å². The van der Waals surface area contributed by atoms with Crippen molar-refractivity contribution in [1.82, 2.24) is 4.57 Å². The molecule has 0 aliphatic carbocycles. The second-order valence-electron chi connectivity index (χ2n) is 7.89. The number of hydrogen-bond acceptors (Lipinski definition) is 5. The highest BCUT2D eigenvalue weighted by atomic mass is 32.2. The quantitative estimate of drug-likeness (QED) is 0.395. The van der Waals surface area contributed by atoms with E-state index in [0.717, 1.165) is 20.9 Å². The Morgan fingerprint density at radius 1 is 0.971 bits per heavy atom. The average Bonchev–Trinajstić information content (AvgIpc) is 3.08. The van der Waals surface area contributed by atoms with E-state index in [1.165, 1.54) is 16.7 Å². The molecule has 0 saturated heterocycles. The molecule has 0 radical (unpaired) electrons. The lowest BCUT2D eigenvalue weighted by Gasteiger charge is -2.25. The van der Waals surface area contributed by atoms with Crippen LogP contribution in [0.3, 0.4) is 0 Å². The molecule has 1 N–H and O–H groups in total. The first-order valence-electron chi connectivity index (χ1n) is 10.6. The normalized spacial score (nSPS) is 11.9. The van der Waals surface area contributed by atoms with Gasteiger partial charge in [0.25, 0.3) is 15.9 Å². The van der Waals surface area contributed by atoms with Crippen LogP contribution in [0.25, 0.3) is 10.9 Å². The molecule has 0 bridgehead atoms. The van der Waals surface area contributed by atoms with Crippen molar-refractivity contribution in [3.05, 3.63) is 83.9 Å². The van der Waals surface area contributed by atoms with Gasteiger partial charge in [0, 0.05) is 12.4 Å². The number of carbonyl (C=O) groups excluding carboxylic acids is 1. The highest BCUT2D eigenvalue weighted by Crippen LogP contribution is 2.37. The van der Waals surface area contributed by atoms with Gasteiger partial charge in [0.1, 0.15) is 6.54 Å². The molecule has 0 fully saturated rings. The number of aromatic nitrogens is 1. The maximum Gasteiger partial charge on any atom is 0.285 e. The molecule has 4 rings (SSSR count). The molecule has 1 aromatic heterocycles. The first-order valence-corrected chi connectivity index (χ1v) is 12.0. The van der Waals surface area contributed by atoms with Crippen LogP contribution >= 0.6 is 0 Å². The van der Waals surface area contributed by atoms with Crippen LogP contribution in [0.15, 0.2) is 87.9 Å². The van der Waals surface area contributed by atoms with E-state index in [-0.39, 0.29) is 16.5 Å². The third-order valence-electron chi connectivity index (χ3n) is 5.77. The average molecular weight is 477 g/mol. The number of azo groups is 1. The predicted molar refractivity (Wildman–Crippen MR) is 131 cm³/mol. The highest BCUT2D eigenvalue weighted by molar-refractivity contribution is 7.92. The van der Waals surface area contributed by atoms with Crippen molar-refractivity contribution in [2.24, 2.45) is 17.3 Å². The summed E-state index contributed by atoms with van der Waals surface area (Å²) in [5.74, 6) is -0.909. The smallest absolute Gasteiger partial charge is 0.285 e. The molecule has 1 heterocycles. The monoisotopic (exact) mass is 476 g/mol. The van der Waals surface area contributed by atoms with E-state index < -0.39 is 22.5 Å². The minimum atomic E-state index is -4.05. The lowest BCUT2D eigenvalue weighted by molar-refractivity contribution is -0.116. The summed E-state index contributed by atoms with van der Waals surface area (Å²) in [6.45, 7) is 3.13. The van der Waals surface area contributed by atoms with E-state index in [2.05, 4.69) is 10.2 Å². The number of hydrogen-bond donors (Lipinski definition) is 1. The number of amides is 1. The Morgan fingerprint density at radius 2 is 1.65 bits per heavy atom. The summed E-state index contributed by atoms with van der Waals surface area (Å²) in [6.07, 6.45) is 0. The Morgan fingerprint density at radius 3 is 2.38 bits per heavy atom. The van der Waals surface area contributed by atoms with Gasteiger partial charge >= 0.3 is 0 Å². The zero-order valence-electron chi connectivity index (χ0n) is 19.0. The molecule has 34 heavy (non-hydrogen) atoms. The van der Waals surface area contributed by atoms with Gasteiger partial charge in [0.15, 0.2) is 5.69 Å². The number of sulfonamides is 1. The van der Waals surface area contributed by atoms with Gasteiger partial charge in [-0.1, -0.05) is 48.5 Å². The van der Waals surface area contributed by atoms with E-state index in [9.17, 15) is 18.3 Å². The second-order valence-corrected chi connectivity index (χ2v) is 9.75. The number of benzene rings is 3. The second kappa shape index (κ2) is 9.11. The predicted octanol–water partition coefficient (Wildman–Crippen LogP) is 5.01. The maximum absolute atomic E-state index is 13.5. The Labute approximate surface area is 197 Å². The van der Waals surface area contributed by atoms with Gasteiger partial charge in [-0.05, 0) is 49.2 Å². The molecule has 0 atom stereocenters. The van der Waals surface area contributed by atoms with E-state index in [1.807, 2.05) is 25.1 Å². The number of carbonyl (C=O) groups is 1. The zero-order valence-corrected chi connectivity index (χ0v) is 19.8. The maximum atomic E-state index is 13.5. The summed E-state index contributed by atoms with van der Waals surface area (Å²) >= 11 is 0. The van der Waals surface area contributed by atoms with Crippen molar-refractivity contribution < 1.29 is 18.3 Å². The molecule has 0 aliphatic heterocycles. The lowest BCUT2D eigenvalue weighted by atomic mass is 10.1. The topological polar surface area (TPSA) is 104 Å². The first kappa shape index (κ1) is 23.2. The number of para-hydroxylation sites is 1. The Balaban J connectivity index is 1.72. The van der Waals surface area contributed by atoms with Crippen LogP contribution in [0.5, 0.6) is 5.88 Å². The van der Waals surface area contributed by atoms with Gasteiger partial charge in [-0.3, -0.25) is 9.10 Å². The van der Waals surface area contributed by atoms with Gasteiger partial charge in [-0.25, -0.2) is 8.42 Å². The SMILES string of the molecule is Cc1cccc(N(CC(=O)N=Nc2c(O)n(C)c3ccccc23)S(=O)(=O)c2ccccc2)c1C. The number of rotatable bonds is 6. The van der Waals surface area contributed by atoms with Gasteiger partial charge < -0.3 is 9.67 Å². The van der Waals surface area contributed by atoms with Gasteiger partial charge in [-0.2, -0.15) is 0 Å². The first-order chi connectivity index (χ1) is 16.2. The van der Waals surface area contributed by atoms with Crippen molar-refractivity contribution in [3.8, 4) is 5.88 Å². The summed E-state index contributed by atoms with van der Waals surface area (Å²) in [4.78, 5) is 12.9. The van der Waals surface area contributed by atoms with Crippen molar-refractivity contribution in [3.63, 3.8) is 0 Å². The van der Waals surface area contributed by atoms with E-state index in [1.54, 1.807) is 56.4 Å². The Bertz CT molecular complexity index is 1510. The molecule has 3 aromatic carbocycles. The fraction of sp³-hybridized carbons (Fsp3) is 0.160. The van der Waals surface area contributed by atoms with E-state index in [4.69, 9.17) is 0 Å². The van der Waals surface area contributed by atoms with Gasteiger partial charge in [0.2, 0.25) is 5.88 Å². The summed E-state index contributed by atoms with van der Waals surface area (Å²) < 4.78 is 29.6. The van der Waals surface area contributed by atoms with Crippen LogP contribution in [0, 0.1) is 13.8 Å². The van der Waals surface area contributed by atoms with Gasteiger partial charge in [-0.15, -0.1) is 10.2 Å². The van der Waals surface area contributed by atoms with Crippen LogP contribution in [-0.2, 0) is 21.9 Å². The Kier molecular flexibility index (Phi) is 6.21. The summed E-state index contributed by atoms with van der Waals surface area (Å²) in [5, 5.41) is 18.8. The third kappa shape index (κ3) is 4.17. The molecule has 0 unspecified atom stereocenters. The number of aromatic hydroxyl groups is 1. The lowest BCUT2D eigenvalue weighted by Crippen LogP contribution is -2.35. The molecular weight excluding hydrogens is 452 g/mol. The number of anilines is 1. The van der Waals surface area contributed by atoms with E-state index >= 15 is 0 Å². The van der Waals surface area contributed by atoms with Crippen LogP contribution < -0.4 is 4.31 Å². The molecule has 0 aliphatic rings. The summed E-state index contributed by atoms with van der Waals surface area (Å²) in [7, 11) is -2.38. The van der Waals surface area contributed by atoms with Crippen LogP contribution in [0.2, 0.25) is 0 Å². The molecule has 0 saturated carbocycles. The Hall–Kier alpha value is -3.98. The highest BCUT2D eigenvalue weighted by Gasteiger charge is 2.28. The summed E-state index contributed by atoms with van der Waals surface area (Å²) in [5.41, 5.74) is 2.89. The van der Waals surface area contributed by atoms with Crippen molar-refractivity contribution in [2.45, 2.75) is 18.7 Å².